The van der Waals surface area contributed by atoms with Crippen LogP contribution in [0.5, 0.6) is 5.75 Å². The van der Waals surface area contributed by atoms with Gasteiger partial charge in [0.2, 0.25) is 0 Å². The van der Waals surface area contributed by atoms with Crippen LogP contribution in [0, 0.1) is 6.92 Å². The number of ether oxygens (including phenoxy) is 1. The molecule has 0 saturated carbocycles. The van der Waals surface area contributed by atoms with Gasteiger partial charge in [-0.25, -0.2) is 0 Å². The van der Waals surface area contributed by atoms with Gasteiger partial charge in [0, 0.05) is 10.6 Å². The van der Waals surface area contributed by atoms with Crippen LogP contribution < -0.4 is 10.1 Å². The van der Waals surface area contributed by atoms with Gasteiger partial charge in [0.25, 0.3) is 0 Å². The van der Waals surface area contributed by atoms with Crippen LogP contribution in [-0.2, 0) is 0 Å². The number of thiophene rings is 1. The summed E-state index contributed by atoms with van der Waals surface area (Å²) in [6.07, 6.45) is 4.02. The summed E-state index contributed by atoms with van der Waals surface area (Å²) in [5.41, 5.74) is 2.01. The summed E-state index contributed by atoms with van der Waals surface area (Å²) in [6, 6.07) is 6.65. The van der Waals surface area contributed by atoms with E-state index in [1.54, 1.807) is 24.6 Å². The van der Waals surface area contributed by atoms with Gasteiger partial charge in [-0.1, -0.05) is 19.4 Å². The Bertz CT molecular complexity index is 511. The first-order chi connectivity index (χ1) is 9.24. The predicted octanol–water partition coefficient (Wildman–Crippen LogP) is 4.41. The number of nitrogens with zero attached hydrogens (tertiary/aromatic N) is 1. The maximum Gasteiger partial charge on any atom is 0.160 e. The number of aryl methyl sites for hydroxylation is 1. The van der Waals surface area contributed by atoms with Crippen molar-refractivity contribution in [3.63, 3.8) is 0 Å². The lowest BCUT2D eigenvalue weighted by Gasteiger charge is -2.20. The van der Waals surface area contributed by atoms with E-state index >= 15 is 0 Å². The molecule has 0 aliphatic heterocycles. The van der Waals surface area contributed by atoms with Crippen LogP contribution >= 0.6 is 11.3 Å². The fourth-order valence-corrected chi connectivity index (χ4v) is 2.89. The van der Waals surface area contributed by atoms with Crippen LogP contribution in [0.3, 0.4) is 0 Å². The lowest BCUT2D eigenvalue weighted by molar-refractivity contribution is 0.413. The second-order valence-corrected chi connectivity index (χ2v) is 5.51. The molecule has 2 aromatic heterocycles. The van der Waals surface area contributed by atoms with Crippen LogP contribution in [0.25, 0.3) is 0 Å². The van der Waals surface area contributed by atoms with E-state index in [0.29, 0.717) is 6.04 Å². The highest BCUT2D eigenvalue weighted by molar-refractivity contribution is 7.10. The normalized spacial score (nSPS) is 12.2. The highest BCUT2D eigenvalue weighted by Gasteiger charge is 2.14. The third kappa shape index (κ3) is 3.47. The van der Waals surface area contributed by atoms with E-state index in [-0.39, 0.29) is 0 Å². The number of nitrogens with one attached hydrogen (secondary N) is 1. The van der Waals surface area contributed by atoms with Crippen molar-refractivity contribution in [1.29, 1.82) is 0 Å². The second-order valence-electron chi connectivity index (χ2n) is 4.53. The number of methoxy groups -OCH3 is 1. The summed E-state index contributed by atoms with van der Waals surface area (Å²) >= 11 is 1.79. The van der Waals surface area contributed by atoms with Gasteiger partial charge in [-0.2, -0.15) is 0 Å². The Kier molecular flexibility index (Phi) is 4.80. The maximum absolute atomic E-state index is 5.38. The zero-order valence-corrected chi connectivity index (χ0v) is 12.5. The molecule has 0 aliphatic rings. The smallest absolute Gasteiger partial charge is 0.160 e. The molecule has 19 heavy (non-hydrogen) atoms. The van der Waals surface area contributed by atoms with Crippen LogP contribution in [0.15, 0.2) is 29.8 Å². The lowest BCUT2D eigenvalue weighted by atomic mass is 10.1. The first kappa shape index (κ1) is 13.9. The van der Waals surface area contributed by atoms with Crippen LogP contribution in [0.1, 0.15) is 36.4 Å². The number of hydrogen-bond donors (Lipinski definition) is 1. The van der Waals surface area contributed by atoms with Crippen molar-refractivity contribution in [2.45, 2.75) is 32.7 Å². The van der Waals surface area contributed by atoms with Crippen molar-refractivity contribution in [1.82, 2.24) is 4.98 Å². The summed E-state index contributed by atoms with van der Waals surface area (Å²) in [7, 11) is 1.68. The topological polar surface area (TPSA) is 34.2 Å². The molecular formula is C15H20N2OS. The average molecular weight is 276 g/mol. The fourth-order valence-electron chi connectivity index (χ4n) is 2.07. The highest BCUT2D eigenvalue weighted by atomic mass is 32.1. The van der Waals surface area contributed by atoms with Crippen LogP contribution in [-0.4, -0.2) is 12.1 Å². The monoisotopic (exact) mass is 276 g/mol. The van der Waals surface area contributed by atoms with Crippen molar-refractivity contribution in [2.75, 3.05) is 12.4 Å². The molecule has 102 valence electrons. The van der Waals surface area contributed by atoms with Crippen molar-refractivity contribution < 1.29 is 4.74 Å². The molecule has 4 heteroatoms. The van der Waals surface area contributed by atoms with E-state index in [1.807, 2.05) is 13.0 Å². The standard InChI is InChI=1S/C15H20N2OS/c1-4-6-12(15-7-5-8-19-15)17-13-9-11(2)16-10-14(13)18-3/h5,7-10,12H,4,6H2,1-3H3,(H,16,17). The number of pyridine rings is 1. The molecule has 1 atom stereocenters. The fraction of sp³-hybridized carbons (Fsp3) is 0.400. The summed E-state index contributed by atoms with van der Waals surface area (Å²) in [6.45, 7) is 4.20. The number of rotatable bonds is 6. The molecule has 3 nitrogen and oxygen atoms in total. The Morgan fingerprint density at radius 1 is 1.47 bits per heavy atom. The quantitative estimate of drug-likeness (QED) is 0.848. The largest absolute Gasteiger partial charge is 0.493 e. The number of aromatic nitrogens is 1. The molecule has 1 unspecified atom stereocenters. The van der Waals surface area contributed by atoms with E-state index in [2.05, 4.69) is 34.7 Å². The first-order valence-electron chi connectivity index (χ1n) is 6.55. The highest BCUT2D eigenvalue weighted by Crippen LogP contribution is 2.32. The Labute approximate surface area is 118 Å². The van der Waals surface area contributed by atoms with Gasteiger partial charge in [0.15, 0.2) is 5.75 Å². The van der Waals surface area contributed by atoms with Crippen molar-refractivity contribution in [2.24, 2.45) is 0 Å². The minimum Gasteiger partial charge on any atom is -0.493 e. The van der Waals surface area contributed by atoms with Gasteiger partial charge in [0.05, 0.1) is 25.0 Å². The zero-order chi connectivity index (χ0) is 13.7. The lowest BCUT2D eigenvalue weighted by Crippen LogP contribution is -2.10. The summed E-state index contributed by atoms with van der Waals surface area (Å²) in [5, 5.41) is 5.71. The molecular weight excluding hydrogens is 256 g/mol. The molecule has 0 aliphatic carbocycles. The Morgan fingerprint density at radius 3 is 2.95 bits per heavy atom. The predicted molar refractivity (Wildman–Crippen MR) is 81.1 cm³/mol. The van der Waals surface area contributed by atoms with Gasteiger partial charge in [-0.15, -0.1) is 11.3 Å². The number of hydrogen-bond acceptors (Lipinski definition) is 4. The summed E-state index contributed by atoms with van der Waals surface area (Å²) < 4.78 is 5.38. The van der Waals surface area contributed by atoms with E-state index in [9.17, 15) is 0 Å². The molecule has 0 spiro atoms. The molecule has 0 amide bonds. The van der Waals surface area contributed by atoms with E-state index in [0.717, 1.165) is 30.0 Å². The second kappa shape index (κ2) is 6.57. The molecule has 2 rings (SSSR count). The van der Waals surface area contributed by atoms with Gasteiger partial charge in [0.1, 0.15) is 0 Å². The van der Waals surface area contributed by atoms with Crippen LogP contribution in [0.2, 0.25) is 0 Å². The van der Waals surface area contributed by atoms with E-state index < -0.39 is 0 Å². The van der Waals surface area contributed by atoms with E-state index in [4.69, 9.17) is 4.74 Å². The third-order valence-electron chi connectivity index (χ3n) is 3.02. The zero-order valence-electron chi connectivity index (χ0n) is 11.6. The van der Waals surface area contributed by atoms with Gasteiger partial charge in [-0.05, 0) is 30.9 Å². The van der Waals surface area contributed by atoms with Crippen LogP contribution in [0.4, 0.5) is 5.69 Å². The minimum atomic E-state index is 0.334. The maximum atomic E-state index is 5.38. The average Bonchev–Trinajstić information content (AvgIpc) is 2.92. The number of anilines is 1. The summed E-state index contributed by atoms with van der Waals surface area (Å²) in [4.78, 5) is 5.62. The summed E-state index contributed by atoms with van der Waals surface area (Å²) in [5.74, 6) is 0.795. The Morgan fingerprint density at radius 2 is 2.32 bits per heavy atom. The van der Waals surface area contributed by atoms with Gasteiger partial charge >= 0.3 is 0 Å². The molecule has 0 bridgehead atoms. The molecule has 1 N–H and O–H groups in total. The van der Waals surface area contributed by atoms with Crippen molar-refractivity contribution in [3.05, 3.63) is 40.3 Å². The van der Waals surface area contributed by atoms with Gasteiger partial charge < -0.3 is 10.1 Å². The Balaban J connectivity index is 2.24. The SMILES string of the molecule is CCCC(Nc1cc(C)ncc1OC)c1cccs1. The first-order valence-corrected chi connectivity index (χ1v) is 7.43. The van der Waals surface area contributed by atoms with Crippen molar-refractivity contribution in [3.8, 4) is 5.75 Å². The molecule has 0 aromatic carbocycles. The molecule has 2 aromatic rings. The minimum absolute atomic E-state index is 0.334. The third-order valence-corrected chi connectivity index (χ3v) is 4.00. The molecule has 0 radical (unpaired) electrons. The Hall–Kier alpha value is -1.55. The molecule has 2 heterocycles. The molecule has 0 saturated heterocycles. The van der Waals surface area contributed by atoms with E-state index in [1.165, 1.54) is 4.88 Å². The molecule has 0 fully saturated rings. The van der Waals surface area contributed by atoms with Gasteiger partial charge in [-0.3, -0.25) is 4.98 Å². The van der Waals surface area contributed by atoms with Crippen molar-refractivity contribution >= 4 is 17.0 Å².